The summed E-state index contributed by atoms with van der Waals surface area (Å²) in [7, 11) is 0. The zero-order chi connectivity index (χ0) is 11.5. The Labute approximate surface area is 95.1 Å². The molecule has 1 aromatic rings. The lowest BCUT2D eigenvalue weighted by Crippen LogP contribution is -2.48. The van der Waals surface area contributed by atoms with Crippen LogP contribution in [0.25, 0.3) is 0 Å². The van der Waals surface area contributed by atoms with Crippen molar-refractivity contribution in [3.8, 4) is 0 Å². The number of carbonyl (C=O) groups excluding carboxylic acids is 1. The minimum atomic E-state index is 0.151. The Balaban J connectivity index is 2.01. The van der Waals surface area contributed by atoms with Gasteiger partial charge in [0, 0.05) is 39.3 Å². The Morgan fingerprint density at radius 1 is 1.31 bits per heavy atom. The van der Waals surface area contributed by atoms with Crippen LogP contribution in [0.5, 0.6) is 0 Å². The second kappa shape index (κ2) is 4.47. The first-order valence-electron chi connectivity index (χ1n) is 5.47. The van der Waals surface area contributed by atoms with Gasteiger partial charge in [0.25, 0.3) is 0 Å². The monoisotopic (exact) mass is 220 g/mol. The van der Waals surface area contributed by atoms with Gasteiger partial charge < -0.3 is 9.80 Å². The summed E-state index contributed by atoms with van der Waals surface area (Å²) in [5.74, 6) is 1.89. The second-order valence-corrected chi connectivity index (χ2v) is 3.96. The van der Waals surface area contributed by atoms with Crippen LogP contribution >= 0.6 is 0 Å². The van der Waals surface area contributed by atoms with Gasteiger partial charge in [-0.2, -0.15) is 0 Å². The molecule has 0 atom stereocenters. The summed E-state index contributed by atoms with van der Waals surface area (Å²) in [5, 5.41) is 0. The first-order chi connectivity index (χ1) is 7.66. The fourth-order valence-electron chi connectivity index (χ4n) is 1.87. The Kier molecular flexibility index (Phi) is 3.03. The number of anilines is 1. The molecule has 1 amide bonds. The minimum Gasteiger partial charge on any atom is -0.353 e. The van der Waals surface area contributed by atoms with Gasteiger partial charge in [0.2, 0.25) is 5.91 Å². The lowest BCUT2D eigenvalue weighted by Gasteiger charge is -2.34. The Morgan fingerprint density at radius 2 is 2.00 bits per heavy atom. The second-order valence-electron chi connectivity index (χ2n) is 3.96. The Bertz CT molecular complexity index is 385. The fourth-order valence-corrected chi connectivity index (χ4v) is 1.87. The summed E-state index contributed by atoms with van der Waals surface area (Å²) in [5.41, 5.74) is 0. The molecule has 1 fully saturated rings. The predicted octanol–water partition coefficient (Wildman–Crippen LogP) is 0.454. The van der Waals surface area contributed by atoms with E-state index in [9.17, 15) is 4.79 Å². The molecule has 2 heterocycles. The van der Waals surface area contributed by atoms with Crippen molar-refractivity contribution in [3.63, 3.8) is 0 Å². The zero-order valence-corrected chi connectivity index (χ0v) is 9.68. The maximum atomic E-state index is 11.2. The van der Waals surface area contributed by atoms with E-state index < -0.39 is 0 Å². The van der Waals surface area contributed by atoms with Crippen molar-refractivity contribution >= 4 is 11.7 Å². The van der Waals surface area contributed by atoms with Crippen molar-refractivity contribution < 1.29 is 4.79 Å². The van der Waals surface area contributed by atoms with Crippen LogP contribution < -0.4 is 4.90 Å². The highest BCUT2D eigenvalue weighted by Crippen LogP contribution is 2.12. The van der Waals surface area contributed by atoms with E-state index in [1.165, 1.54) is 0 Å². The van der Waals surface area contributed by atoms with Gasteiger partial charge in [-0.1, -0.05) is 0 Å². The van der Waals surface area contributed by atoms with Crippen LogP contribution in [0.4, 0.5) is 5.82 Å². The van der Waals surface area contributed by atoms with E-state index in [1.807, 2.05) is 17.9 Å². The van der Waals surface area contributed by atoms with Gasteiger partial charge in [0.1, 0.15) is 11.6 Å². The highest BCUT2D eigenvalue weighted by Gasteiger charge is 2.19. The number of aromatic nitrogens is 2. The molecule has 2 rings (SSSR count). The van der Waals surface area contributed by atoms with E-state index in [0.29, 0.717) is 0 Å². The van der Waals surface area contributed by atoms with Crippen LogP contribution in [0.2, 0.25) is 0 Å². The molecule has 0 aromatic carbocycles. The lowest BCUT2D eigenvalue weighted by molar-refractivity contribution is -0.129. The maximum absolute atomic E-state index is 11.2. The number of rotatable bonds is 1. The van der Waals surface area contributed by atoms with Gasteiger partial charge in [-0.25, -0.2) is 9.97 Å². The van der Waals surface area contributed by atoms with Crippen molar-refractivity contribution in [2.75, 3.05) is 31.1 Å². The Morgan fingerprint density at radius 3 is 2.56 bits per heavy atom. The molecule has 1 aliphatic rings. The van der Waals surface area contributed by atoms with Crippen molar-refractivity contribution in [1.82, 2.24) is 14.9 Å². The lowest BCUT2D eigenvalue weighted by atomic mass is 10.3. The highest BCUT2D eigenvalue weighted by atomic mass is 16.2. The molecule has 1 saturated heterocycles. The molecule has 0 N–H and O–H groups in total. The van der Waals surface area contributed by atoms with Crippen molar-refractivity contribution in [2.45, 2.75) is 13.8 Å². The largest absolute Gasteiger partial charge is 0.353 e. The number of amides is 1. The van der Waals surface area contributed by atoms with E-state index in [4.69, 9.17) is 0 Å². The van der Waals surface area contributed by atoms with Crippen LogP contribution in [-0.2, 0) is 4.79 Å². The number of aryl methyl sites for hydroxylation is 1. The zero-order valence-electron chi connectivity index (χ0n) is 9.68. The molecule has 0 aliphatic carbocycles. The quantitative estimate of drug-likeness (QED) is 0.689. The standard InChI is InChI=1S/C11H16N4O/c1-9-12-4-3-11(13-9)15-7-5-14(6-8-15)10(2)16/h3-4H,5-8H2,1-2H3. The third-order valence-electron chi connectivity index (χ3n) is 2.81. The van der Waals surface area contributed by atoms with Gasteiger partial charge >= 0.3 is 0 Å². The van der Waals surface area contributed by atoms with Crippen LogP contribution in [-0.4, -0.2) is 47.0 Å². The molecular weight excluding hydrogens is 204 g/mol. The molecule has 1 aromatic heterocycles. The third-order valence-corrected chi connectivity index (χ3v) is 2.81. The molecular formula is C11H16N4O. The first kappa shape index (κ1) is 10.9. The van der Waals surface area contributed by atoms with E-state index in [2.05, 4.69) is 14.9 Å². The Hall–Kier alpha value is -1.65. The average molecular weight is 220 g/mol. The van der Waals surface area contributed by atoms with Gasteiger partial charge in [-0.05, 0) is 13.0 Å². The molecule has 0 spiro atoms. The van der Waals surface area contributed by atoms with E-state index in [1.54, 1.807) is 13.1 Å². The van der Waals surface area contributed by atoms with Crippen LogP contribution in [0.15, 0.2) is 12.3 Å². The summed E-state index contributed by atoms with van der Waals surface area (Å²) in [4.78, 5) is 23.7. The fraction of sp³-hybridized carbons (Fsp3) is 0.545. The molecule has 0 radical (unpaired) electrons. The summed E-state index contributed by atoms with van der Waals surface area (Å²) < 4.78 is 0. The van der Waals surface area contributed by atoms with Crippen LogP contribution in [0.3, 0.4) is 0 Å². The van der Waals surface area contributed by atoms with Crippen LogP contribution in [0, 0.1) is 6.92 Å². The molecule has 0 saturated carbocycles. The van der Waals surface area contributed by atoms with Crippen molar-refractivity contribution in [2.24, 2.45) is 0 Å². The van der Waals surface area contributed by atoms with E-state index in [0.717, 1.165) is 37.8 Å². The number of hydrogen-bond donors (Lipinski definition) is 0. The van der Waals surface area contributed by atoms with Gasteiger partial charge in [-0.3, -0.25) is 4.79 Å². The highest BCUT2D eigenvalue weighted by molar-refractivity contribution is 5.73. The molecule has 5 heteroatoms. The predicted molar refractivity (Wildman–Crippen MR) is 61.2 cm³/mol. The minimum absolute atomic E-state index is 0.151. The maximum Gasteiger partial charge on any atom is 0.219 e. The van der Waals surface area contributed by atoms with E-state index >= 15 is 0 Å². The van der Waals surface area contributed by atoms with Gasteiger partial charge in [0.15, 0.2) is 0 Å². The average Bonchev–Trinajstić information content (AvgIpc) is 2.29. The molecule has 0 bridgehead atoms. The van der Waals surface area contributed by atoms with Gasteiger partial charge in [-0.15, -0.1) is 0 Å². The van der Waals surface area contributed by atoms with Crippen LogP contribution in [0.1, 0.15) is 12.7 Å². The van der Waals surface area contributed by atoms with Crippen molar-refractivity contribution in [1.29, 1.82) is 0 Å². The first-order valence-corrected chi connectivity index (χ1v) is 5.47. The summed E-state index contributed by atoms with van der Waals surface area (Å²) in [6.45, 7) is 6.74. The summed E-state index contributed by atoms with van der Waals surface area (Å²) in [6.07, 6.45) is 1.77. The topological polar surface area (TPSA) is 49.3 Å². The van der Waals surface area contributed by atoms with E-state index in [-0.39, 0.29) is 5.91 Å². The molecule has 0 unspecified atom stereocenters. The SMILES string of the molecule is CC(=O)N1CCN(c2ccnc(C)n2)CC1. The third kappa shape index (κ3) is 2.29. The normalized spacial score (nSPS) is 16.4. The summed E-state index contributed by atoms with van der Waals surface area (Å²) >= 11 is 0. The van der Waals surface area contributed by atoms with Gasteiger partial charge in [0.05, 0.1) is 0 Å². The molecule has 5 nitrogen and oxygen atoms in total. The van der Waals surface area contributed by atoms with Crippen molar-refractivity contribution in [3.05, 3.63) is 18.1 Å². The molecule has 1 aliphatic heterocycles. The number of piperazine rings is 1. The number of hydrogen-bond acceptors (Lipinski definition) is 4. The molecule has 86 valence electrons. The molecule has 16 heavy (non-hydrogen) atoms. The number of nitrogens with zero attached hydrogens (tertiary/aromatic N) is 4. The number of carbonyl (C=O) groups is 1. The smallest absolute Gasteiger partial charge is 0.219 e. The summed E-state index contributed by atoms with van der Waals surface area (Å²) in [6, 6.07) is 1.91.